The van der Waals surface area contributed by atoms with Crippen LogP contribution in [0.5, 0.6) is 0 Å². The fraction of sp³-hybridized carbons (Fsp3) is 0.391. The number of Topliss-reactive ketones (excluding diaryl/α,β-unsaturated/α-hetero) is 1. The van der Waals surface area contributed by atoms with Crippen molar-refractivity contribution in [1.82, 2.24) is 9.88 Å². The molecule has 2 aromatic rings. The summed E-state index contributed by atoms with van der Waals surface area (Å²) >= 11 is 11.9. The largest absolute Gasteiger partial charge is 0.343 e. The molecule has 1 aromatic carbocycles. The molecular weight excluding hydrogens is 437 g/mol. The number of benzene rings is 1. The Bertz CT molecular complexity index is 1130. The zero-order valence-electron chi connectivity index (χ0n) is 17.4. The lowest BCUT2D eigenvalue weighted by Crippen LogP contribution is -2.40. The minimum absolute atomic E-state index is 0.00365. The van der Waals surface area contributed by atoms with Gasteiger partial charge in [-0.3, -0.25) is 14.4 Å². The summed E-state index contributed by atoms with van der Waals surface area (Å²) in [6, 6.07) is 6.82. The third kappa shape index (κ3) is 5.00. The van der Waals surface area contributed by atoms with Gasteiger partial charge in [0.05, 0.1) is 10.0 Å². The maximum Gasteiger partial charge on any atom is 0.266 e. The number of pyridine rings is 1. The summed E-state index contributed by atoms with van der Waals surface area (Å²) < 4.78 is 0. The summed E-state index contributed by atoms with van der Waals surface area (Å²) in [5.41, 5.74) is 2.37. The minimum atomic E-state index is -0.402. The Balaban J connectivity index is 1.59. The Morgan fingerprint density at radius 1 is 1.19 bits per heavy atom. The van der Waals surface area contributed by atoms with Gasteiger partial charge in [0.2, 0.25) is 5.91 Å². The van der Waals surface area contributed by atoms with Crippen LogP contribution < -0.4 is 5.56 Å². The maximum atomic E-state index is 12.8. The van der Waals surface area contributed by atoms with Gasteiger partial charge in [-0.05, 0) is 62.4 Å². The van der Waals surface area contributed by atoms with Crippen molar-refractivity contribution in [2.75, 3.05) is 13.1 Å². The molecule has 1 saturated heterocycles. The van der Waals surface area contributed by atoms with E-state index in [2.05, 4.69) is 4.98 Å². The van der Waals surface area contributed by atoms with Crippen molar-refractivity contribution in [2.24, 2.45) is 5.92 Å². The number of nitrogens with one attached hydrogen (secondary N) is 1. The van der Waals surface area contributed by atoms with Crippen LogP contribution in [0.4, 0.5) is 0 Å². The minimum Gasteiger partial charge on any atom is -0.343 e. The normalized spacial score (nSPS) is 14.4. The number of aromatic amines is 1. The molecule has 0 radical (unpaired) electrons. The van der Waals surface area contributed by atoms with E-state index in [0.29, 0.717) is 59.2 Å². The quantitative estimate of drug-likeness (QED) is 0.676. The molecule has 0 unspecified atom stereocenters. The lowest BCUT2D eigenvalue weighted by Gasteiger charge is -2.31. The standard InChI is InChI=1S/C23H23Cl2N3O3/c1-13-17(14(2)27-23(31)18(13)12-26)4-6-21(29)28-9-7-15(8-10-28)22(30)16-3-5-19(24)20(25)11-16/h3,5,11,15H,4,6-10H2,1-2H3,(H,27,31). The second-order valence-electron chi connectivity index (χ2n) is 7.82. The first-order valence-electron chi connectivity index (χ1n) is 10.1. The van der Waals surface area contributed by atoms with Crippen LogP contribution in [0.25, 0.3) is 0 Å². The summed E-state index contributed by atoms with van der Waals surface area (Å²) in [6.07, 6.45) is 1.92. The van der Waals surface area contributed by atoms with Crippen molar-refractivity contribution < 1.29 is 9.59 Å². The van der Waals surface area contributed by atoms with Crippen LogP contribution in [0.1, 0.15) is 52.0 Å². The van der Waals surface area contributed by atoms with E-state index in [9.17, 15) is 19.6 Å². The highest BCUT2D eigenvalue weighted by Crippen LogP contribution is 2.27. The molecule has 1 fully saturated rings. The number of H-pyrrole nitrogens is 1. The first-order valence-corrected chi connectivity index (χ1v) is 10.9. The zero-order valence-corrected chi connectivity index (χ0v) is 18.9. The van der Waals surface area contributed by atoms with E-state index in [4.69, 9.17) is 23.2 Å². The Hall–Kier alpha value is -2.62. The first kappa shape index (κ1) is 23.1. The van der Waals surface area contributed by atoms with Crippen LogP contribution in [0.15, 0.2) is 23.0 Å². The molecule has 6 nitrogen and oxygen atoms in total. The number of aromatic nitrogens is 1. The van der Waals surface area contributed by atoms with E-state index in [1.165, 1.54) is 0 Å². The molecule has 1 aromatic heterocycles. The average molecular weight is 460 g/mol. The van der Waals surface area contributed by atoms with E-state index >= 15 is 0 Å². The van der Waals surface area contributed by atoms with Crippen molar-refractivity contribution in [3.8, 4) is 6.07 Å². The molecule has 0 saturated carbocycles. The third-order valence-electron chi connectivity index (χ3n) is 5.93. The molecule has 1 N–H and O–H groups in total. The molecule has 8 heteroatoms. The zero-order chi connectivity index (χ0) is 22.7. The maximum absolute atomic E-state index is 12.8. The fourth-order valence-electron chi connectivity index (χ4n) is 4.09. The molecule has 31 heavy (non-hydrogen) atoms. The van der Waals surface area contributed by atoms with Gasteiger partial charge >= 0.3 is 0 Å². The van der Waals surface area contributed by atoms with E-state index in [0.717, 1.165) is 5.56 Å². The van der Waals surface area contributed by atoms with Gasteiger partial charge in [-0.15, -0.1) is 0 Å². The molecule has 0 aliphatic carbocycles. The van der Waals surface area contributed by atoms with Gasteiger partial charge in [0.25, 0.3) is 5.56 Å². The van der Waals surface area contributed by atoms with E-state index in [1.807, 2.05) is 6.07 Å². The highest BCUT2D eigenvalue weighted by atomic mass is 35.5. The molecule has 3 rings (SSSR count). The molecule has 0 atom stereocenters. The van der Waals surface area contributed by atoms with Crippen LogP contribution >= 0.6 is 23.2 Å². The Kier molecular flexibility index (Phi) is 7.19. The topological polar surface area (TPSA) is 94.0 Å². The van der Waals surface area contributed by atoms with Crippen molar-refractivity contribution in [3.05, 3.63) is 66.5 Å². The molecule has 162 valence electrons. The lowest BCUT2D eigenvalue weighted by atomic mass is 9.88. The van der Waals surface area contributed by atoms with E-state index in [-0.39, 0.29) is 29.6 Å². The summed E-state index contributed by atoms with van der Waals surface area (Å²) in [5, 5.41) is 9.95. The number of likely N-dealkylation sites (tertiary alicyclic amines) is 1. The van der Waals surface area contributed by atoms with Crippen LogP contribution in [-0.2, 0) is 11.2 Å². The highest BCUT2D eigenvalue weighted by Gasteiger charge is 2.28. The lowest BCUT2D eigenvalue weighted by molar-refractivity contribution is -0.132. The highest BCUT2D eigenvalue weighted by molar-refractivity contribution is 6.42. The van der Waals surface area contributed by atoms with Gasteiger partial charge in [-0.2, -0.15) is 5.26 Å². The molecule has 1 aliphatic heterocycles. The Morgan fingerprint density at radius 3 is 2.48 bits per heavy atom. The number of halogens is 2. The van der Waals surface area contributed by atoms with Gasteiger partial charge in [0.15, 0.2) is 5.78 Å². The van der Waals surface area contributed by atoms with Crippen molar-refractivity contribution in [1.29, 1.82) is 5.26 Å². The van der Waals surface area contributed by atoms with Crippen LogP contribution in [0, 0.1) is 31.1 Å². The van der Waals surface area contributed by atoms with Gasteiger partial charge in [0.1, 0.15) is 11.6 Å². The van der Waals surface area contributed by atoms with E-state index in [1.54, 1.807) is 36.9 Å². The number of piperidine rings is 1. The summed E-state index contributed by atoms with van der Waals surface area (Å²) in [5.74, 6) is -0.124. The molecule has 1 amide bonds. The Labute approximate surface area is 190 Å². The number of ketones is 1. The van der Waals surface area contributed by atoms with Gasteiger partial charge in [-0.1, -0.05) is 23.2 Å². The van der Waals surface area contributed by atoms with Crippen molar-refractivity contribution in [2.45, 2.75) is 39.5 Å². The number of amides is 1. The predicted octanol–water partition coefficient (Wildman–Crippen LogP) is 4.22. The van der Waals surface area contributed by atoms with Crippen LogP contribution in [-0.4, -0.2) is 34.7 Å². The number of carbonyl (C=O) groups excluding carboxylic acids is 2. The second-order valence-corrected chi connectivity index (χ2v) is 8.63. The second kappa shape index (κ2) is 9.67. The fourth-order valence-corrected chi connectivity index (χ4v) is 4.38. The number of hydrogen-bond acceptors (Lipinski definition) is 4. The van der Waals surface area contributed by atoms with Gasteiger partial charge in [-0.25, -0.2) is 0 Å². The number of rotatable bonds is 5. The number of hydrogen-bond donors (Lipinski definition) is 1. The monoisotopic (exact) mass is 459 g/mol. The molecule has 0 bridgehead atoms. The number of carbonyl (C=O) groups is 2. The molecular formula is C23H23Cl2N3O3. The summed E-state index contributed by atoms with van der Waals surface area (Å²) in [6.45, 7) is 4.55. The predicted molar refractivity (Wildman–Crippen MR) is 120 cm³/mol. The van der Waals surface area contributed by atoms with E-state index < -0.39 is 5.56 Å². The first-order chi connectivity index (χ1) is 14.7. The molecule has 0 spiro atoms. The van der Waals surface area contributed by atoms with Crippen molar-refractivity contribution >= 4 is 34.9 Å². The third-order valence-corrected chi connectivity index (χ3v) is 6.67. The number of nitriles is 1. The van der Waals surface area contributed by atoms with Crippen LogP contribution in [0.2, 0.25) is 10.0 Å². The SMILES string of the molecule is Cc1[nH]c(=O)c(C#N)c(C)c1CCC(=O)N1CCC(C(=O)c2ccc(Cl)c(Cl)c2)CC1. The van der Waals surface area contributed by atoms with Gasteiger partial charge < -0.3 is 9.88 Å². The smallest absolute Gasteiger partial charge is 0.266 e. The summed E-state index contributed by atoms with van der Waals surface area (Å²) in [7, 11) is 0. The average Bonchev–Trinajstić information content (AvgIpc) is 2.75. The number of aryl methyl sites for hydroxylation is 1. The summed E-state index contributed by atoms with van der Waals surface area (Å²) in [4.78, 5) is 41.8. The molecule has 1 aliphatic rings. The van der Waals surface area contributed by atoms with Gasteiger partial charge in [0, 0.05) is 36.7 Å². The molecule has 2 heterocycles. The Morgan fingerprint density at radius 2 is 1.87 bits per heavy atom. The van der Waals surface area contributed by atoms with Crippen molar-refractivity contribution in [3.63, 3.8) is 0 Å². The van der Waals surface area contributed by atoms with Crippen LogP contribution in [0.3, 0.4) is 0 Å². The number of nitrogens with zero attached hydrogens (tertiary/aromatic N) is 2.